The highest BCUT2D eigenvalue weighted by atomic mass is 16.3. The second-order valence-electron chi connectivity index (χ2n) is 7.12. The smallest absolute Gasteiger partial charge is 0.318 e. The molecule has 3 rings (SSSR count). The van der Waals surface area contributed by atoms with Gasteiger partial charge >= 0.3 is 6.03 Å². The van der Waals surface area contributed by atoms with Crippen LogP contribution in [0, 0.1) is 0 Å². The largest absolute Gasteiger partial charge is 0.388 e. The molecule has 0 spiro atoms. The van der Waals surface area contributed by atoms with Crippen molar-refractivity contribution >= 4 is 6.03 Å². The summed E-state index contributed by atoms with van der Waals surface area (Å²) in [7, 11) is 0. The van der Waals surface area contributed by atoms with E-state index in [1.807, 2.05) is 31.2 Å². The minimum Gasteiger partial charge on any atom is -0.388 e. The van der Waals surface area contributed by atoms with Gasteiger partial charge in [-0.2, -0.15) is 0 Å². The molecule has 1 fully saturated rings. The highest BCUT2D eigenvalue weighted by Gasteiger charge is 2.38. The van der Waals surface area contributed by atoms with Crippen molar-refractivity contribution in [2.45, 2.75) is 51.3 Å². The molecule has 2 heterocycles. The molecule has 1 aromatic heterocycles. The van der Waals surface area contributed by atoms with Crippen molar-refractivity contribution in [1.82, 2.24) is 25.2 Å². The number of rotatable bonds is 4. The first-order valence-electron chi connectivity index (χ1n) is 8.62. The van der Waals surface area contributed by atoms with Gasteiger partial charge in [-0.25, -0.2) is 9.48 Å². The number of nitrogens with one attached hydrogen (secondary N) is 1. The summed E-state index contributed by atoms with van der Waals surface area (Å²) in [5.74, 6) is 0. The third-order valence-electron chi connectivity index (χ3n) is 4.75. The maximum atomic E-state index is 12.6. The molecule has 0 unspecified atom stereocenters. The standard InChI is InChI=1S/C18H25N5O2/c1-13(14-6-8-15(9-7-14)23-12-10-19-21-23)20-17(24)22-11-4-5-16(22)18(2,3)25/h6-10,12-13,16,25H,4-5,11H2,1-3H3,(H,20,24)/t13-,16+/m0/s1. The molecule has 134 valence electrons. The van der Waals surface area contributed by atoms with Crippen LogP contribution in [0.5, 0.6) is 0 Å². The number of aliphatic hydroxyl groups is 1. The molecular formula is C18H25N5O2. The average Bonchev–Trinajstić information content (AvgIpc) is 3.26. The van der Waals surface area contributed by atoms with Gasteiger partial charge < -0.3 is 15.3 Å². The molecule has 0 saturated carbocycles. The lowest BCUT2D eigenvalue weighted by Crippen LogP contribution is -2.51. The summed E-state index contributed by atoms with van der Waals surface area (Å²) in [6.07, 6.45) is 5.16. The Bertz CT molecular complexity index is 706. The van der Waals surface area contributed by atoms with Crippen LogP contribution in [0.25, 0.3) is 5.69 Å². The molecule has 0 aliphatic carbocycles. The normalized spacial score (nSPS) is 19.0. The van der Waals surface area contributed by atoms with Crippen molar-refractivity contribution in [2.75, 3.05) is 6.54 Å². The van der Waals surface area contributed by atoms with E-state index in [2.05, 4.69) is 15.6 Å². The second kappa shape index (κ2) is 6.84. The van der Waals surface area contributed by atoms with Gasteiger partial charge in [0.15, 0.2) is 0 Å². The number of hydrogen-bond donors (Lipinski definition) is 2. The number of likely N-dealkylation sites (tertiary alicyclic amines) is 1. The molecule has 0 bridgehead atoms. The summed E-state index contributed by atoms with van der Waals surface area (Å²) < 4.78 is 1.69. The van der Waals surface area contributed by atoms with E-state index in [4.69, 9.17) is 0 Å². The Morgan fingerprint density at radius 1 is 1.36 bits per heavy atom. The molecular weight excluding hydrogens is 318 g/mol. The van der Waals surface area contributed by atoms with E-state index < -0.39 is 5.60 Å². The van der Waals surface area contributed by atoms with Gasteiger partial charge in [0.25, 0.3) is 0 Å². The number of carbonyl (C=O) groups excluding carboxylic acids is 1. The van der Waals surface area contributed by atoms with Crippen LogP contribution in [0.15, 0.2) is 36.7 Å². The highest BCUT2D eigenvalue weighted by molar-refractivity contribution is 5.75. The summed E-state index contributed by atoms with van der Waals surface area (Å²) in [4.78, 5) is 14.4. The lowest BCUT2D eigenvalue weighted by Gasteiger charge is -2.34. The highest BCUT2D eigenvalue weighted by Crippen LogP contribution is 2.27. The fourth-order valence-corrected chi connectivity index (χ4v) is 3.36. The number of carbonyl (C=O) groups is 1. The number of urea groups is 1. The summed E-state index contributed by atoms with van der Waals surface area (Å²) in [5.41, 5.74) is 1.04. The third kappa shape index (κ3) is 3.82. The third-order valence-corrected chi connectivity index (χ3v) is 4.75. The van der Waals surface area contributed by atoms with Crippen LogP contribution in [0.3, 0.4) is 0 Å². The Hall–Kier alpha value is -2.41. The number of nitrogens with zero attached hydrogens (tertiary/aromatic N) is 4. The van der Waals surface area contributed by atoms with Gasteiger partial charge in [0.2, 0.25) is 0 Å². The molecule has 2 N–H and O–H groups in total. The monoisotopic (exact) mass is 343 g/mol. The fraction of sp³-hybridized carbons (Fsp3) is 0.500. The quantitative estimate of drug-likeness (QED) is 0.892. The molecule has 2 amide bonds. The van der Waals surface area contributed by atoms with Crippen LogP contribution in [-0.2, 0) is 0 Å². The molecule has 7 nitrogen and oxygen atoms in total. The van der Waals surface area contributed by atoms with E-state index in [0.717, 1.165) is 24.1 Å². The molecule has 1 aliphatic rings. The second-order valence-corrected chi connectivity index (χ2v) is 7.12. The summed E-state index contributed by atoms with van der Waals surface area (Å²) in [6.45, 7) is 6.15. The SMILES string of the molecule is C[C@H](NC(=O)N1CCC[C@@H]1C(C)(C)O)c1ccc(-n2ccnn2)cc1. The van der Waals surface area contributed by atoms with Crippen LogP contribution < -0.4 is 5.32 Å². The first-order valence-corrected chi connectivity index (χ1v) is 8.62. The summed E-state index contributed by atoms with van der Waals surface area (Å²) in [6, 6.07) is 7.44. The Morgan fingerprint density at radius 2 is 2.08 bits per heavy atom. The number of amides is 2. The zero-order valence-corrected chi connectivity index (χ0v) is 14.9. The number of aromatic nitrogens is 3. The van der Waals surface area contributed by atoms with E-state index in [1.165, 1.54) is 0 Å². The van der Waals surface area contributed by atoms with Crippen molar-refractivity contribution in [2.24, 2.45) is 0 Å². The first-order chi connectivity index (χ1) is 11.9. The molecule has 7 heteroatoms. The molecule has 0 radical (unpaired) electrons. The van der Waals surface area contributed by atoms with Crippen molar-refractivity contribution < 1.29 is 9.90 Å². The topological polar surface area (TPSA) is 83.3 Å². The molecule has 1 saturated heterocycles. The van der Waals surface area contributed by atoms with E-state index >= 15 is 0 Å². The van der Waals surface area contributed by atoms with Crippen molar-refractivity contribution in [3.8, 4) is 5.69 Å². The van der Waals surface area contributed by atoms with E-state index in [1.54, 1.807) is 35.8 Å². The van der Waals surface area contributed by atoms with Crippen LogP contribution in [0.2, 0.25) is 0 Å². The predicted molar refractivity (Wildman–Crippen MR) is 94.3 cm³/mol. The van der Waals surface area contributed by atoms with Gasteiger partial charge in [0.1, 0.15) is 0 Å². The minimum absolute atomic E-state index is 0.125. The van der Waals surface area contributed by atoms with Crippen molar-refractivity contribution in [1.29, 1.82) is 0 Å². The summed E-state index contributed by atoms with van der Waals surface area (Å²) >= 11 is 0. The minimum atomic E-state index is -0.892. The Balaban J connectivity index is 1.65. The van der Waals surface area contributed by atoms with Gasteiger partial charge in [0.05, 0.1) is 35.8 Å². The van der Waals surface area contributed by atoms with Crippen LogP contribution >= 0.6 is 0 Å². The maximum absolute atomic E-state index is 12.6. The fourth-order valence-electron chi connectivity index (χ4n) is 3.36. The first kappa shape index (κ1) is 17.4. The van der Waals surface area contributed by atoms with Crippen LogP contribution in [-0.4, -0.2) is 49.2 Å². The predicted octanol–water partition coefficient (Wildman–Crippen LogP) is 2.27. The van der Waals surface area contributed by atoms with Gasteiger partial charge in [0, 0.05) is 6.54 Å². The lowest BCUT2D eigenvalue weighted by atomic mass is 9.97. The average molecular weight is 343 g/mol. The zero-order valence-electron chi connectivity index (χ0n) is 14.9. The van der Waals surface area contributed by atoms with Crippen molar-refractivity contribution in [3.05, 3.63) is 42.2 Å². The Kier molecular flexibility index (Phi) is 4.76. The molecule has 1 aliphatic heterocycles. The van der Waals surface area contributed by atoms with Crippen LogP contribution in [0.4, 0.5) is 4.79 Å². The Morgan fingerprint density at radius 3 is 2.68 bits per heavy atom. The van der Waals surface area contributed by atoms with E-state index in [0.29, 0.717) is 6.54 Å². The van der Waals surface area contributed by atoms with Crippen LogP contribution in [0.1, 0.15) is 45.2 Å². The van der Waals surface area contributed by atoms with E-state index in [9.17, 15) is 9.90 Å². The molecule has 2 atom stereocenters. The molecule has 25 heavy (non-hydrogen) atoms. The van der Waals surface area contributed by atoms with Gasteiger partial charge in [-0.15, -0.1) is 5.10 Å². The molecule has 1 aromatic carbocycles. The number of hydrogen-bond acceptors (Lipinski definition) is 4. The summed E-state index contributed by atoms with van der Waals surface area (Å²) in [5, 5.41) is 21.1. The number of benzene rings is 1. The van der Waals surface area contributed by atoms with Gasteiger partial charge in [-0.3, -0.25) is 0 Å². The van der Waals surface area contributed by atoms with Gasteiger partial charge in [-0.05, 0) is 51.3 Å². The Labute approximate surface area is 147 Å². The van der Waals surface area contributed by atoms with E-state index in [-0.39, 0.29) is 18.1 Å². The van der Waals surface area contributed by atoms with Crippen molar-refractivity contribution in [3.63, 3.8) is 0 Å². The zero-order chi connectivity index (χ0) is 18.0. The molecule has 2 aromatic rings. The lowest BCUT2D eigenvalue weighted by molar-refractivity contribution is 0.00951. The maximum Gasteiger partial charge on any atom is 0.318 e. The van der Waals surface area contributed by atoms with Gasteiger partial charge in [-0.1, -0.05) is 17.3 Å².